The van der Waals surface area contributed by atoms with Crippen molar-refractivity contribution >= 4 is 0 Å². The van der Waals surface area contributed by atoms with Gasteiger partial charge in [0.25, 0.3) is 0 Å². The zero-order valence-corrected chi connectivity index (χ0v) is 11.5. The lowest BCUT2D eigenvalue weighted by Crippen LogP contribution is -2.33. The molecule has 2 N–H and O–H groups in total. The summed E-state index contributed by atoms with van der Waals surface area (Å²) in [6.07, 6.45) is 0.430. The van der Waals surface area contributed by atoms with Gasteiger partial charge in [0.2, 0.25) is 0 Å². The molecule has 0 amide bonds. The fourth-order valence-electron chi connectivity index (χ4n) is 1.57. The van der Waals surface area contributed by atoms with Crippen molar-refractivity contribution in [2.75, 3.05) is 13.7 Å². The van der Waals surface area contributed by atoms with Crippen LogP contribution in [0.5, 0.6) is 5.75 Å². The van der Waals surface area contributed by atoms with E-state index in [0.717, 1.165) is 0 Å². The van der Waals surface area contributed by atoms with Gasteiger partial charge in [0, 0.05) is 6.04 Å². The molecular weight excluding hydrogens is 233 g/mol. The van der Waals surface area contributed by atoms with Gasteiger partial charge in [0.05, 0.1) is 19.3 Å². The Hall–Kier alpha value is -1.13. The highest BCUT2D eigenvalue weighted by Crippen LogP contribution is 2.21. The Morgan fingerprint density at radius 2 is 2.00 bits per heavy atom. The summed E-state index contributed by atoms with van der Waals surface area (Å²) in [7, 11) is 1.45. The van der Waals surface area contributed by atoms with E-state index in [0.29, 0.717) is 18.6 Å². The molecule has 0 saturated carbocycles. The van der Waals surface area contributed by atoms with Gasteiger partial charge < -0.3 is 15.2 Å². The first-order valence-electron chi connectivity index (χ1n) is 6.04. The highest BCUT2D eigenvalue weighted by atomic mass is 19.1. The van der Waals surface area contributed by atoms with Crippen LogP contribution < -0.4 is 10.5 Å². The fourth-order valence-corrected chi connectivity index (χ4v) is 1.57. The third-order valence-corrected chi connectivity index (χ3v) is 2.48. The number of methoxy groups -OCH3 is 1. The summed E-state index contributed by atoms with van der Waals surface area (Å²) in [4.78, 5) is 0. The minimum Gasteiger partial charge on any atom is -0.494 e. The van der Waals surface area contributed by atoms with Crippen LogP contribution in [-0.2, 0) is 11.2 Å². The molecule has 1 aromatic rings. The maximum absolute atomic E-state index is 13.9. The predicted octanol–water partition coefficient (Wildman–Crippen LogP) is 2.52. The molecule has 1 unspecified atom stereocenters. The molecule has 1 aromatic carbocycles. The molecule has 0 aliphatic heterocycles. The molecule has 0 aromatic heterocycles. The zero-order chi connectivity index (χ0) is 13.8. The van der Waals surface area contributed by atoms with Gasteiger partial charge in [0.1, 0.15) is 0 Å². The predicted molar refractivity (Wildman–Crippen MR) is 70.3 cm³/mol. The number of nitrogens with two attached hydrogens (primary N) is 1. The van der Waals surface area contributed by atoms with Crippen LogP contribution in [0.15, 0.2) is 18.2 Å². The highest BCUT2D eigenvalue weighted by Gasteiger charge is 2.15. The maximum atomic E-state index is 13.9. The van der Waals surface area contributed by atoms with Crippen LogP contribution >= 0.6 is 0 Å². The molecule has 0 radical (unpaired) electrons. The summed E-state index contributed by atoms with van der Waals surface area (Å²) in [5.74, 6) is -0.0948. The minimum atomic E-state index is -0.341. The van der Waals surface area contributed by atoms with Crippen molar-refractivity contribution in [3.05, 3.63) is 29.6 Å². The number of ether oxygens (including phenoxy) is 2. The van der Waals surface area contributed by atoms with Gasteiger partial charge in [-0.15, -0.1) is 0 Å². The summed E-state index contributed by atoms with van der Waals surface area (Å²) in [5.41, 5.74) is 6.26. The van der Waals surface area contributed by atoms with Crippen molar-refractivity contribution in [2.24, 2.45) is 5.73 Å². The van der Waals surface area contributed by atoms with E-state index in [2.05, 4.69) is 0 Å². The first kappa shape index (κ1) is 14.9. The average molecular weight is 255 g/mol. The third-order valence-electron chi connectivity index (χ3n) is 2.48. The van der Waals surface area contributed by atoms with Gasteiger partial charge >= 0.3 is 0 Å². The second-order valence-electron chi connectivity index (χ2n) is 5.32. The summed E-state index contributed by atoms with van der Waals surface area (Å²) >= 11 is 0. The SMILES string of the molecule is COc1cccc(CC(N)COC(C)(C)C)c1F. The van der Waals surface area contributed by atoms with E-state index in [9.17, 15) is 4.39 Å². The average Bonchev–Trinajstić information content (AvgIpc) is 2.28. The third kappa shape index (κ3) is 4.63. The van der Waals surface area contributed by atoms with Gasteiger partial charge in [-0.05, 0) is 38.8 Å². The second-order valence-corrected chi connectivity index (χ2v) is 5.32. The van der Waals surface area contributed by atoms with Gasteiger partial charge in [-0.25, -0.2) is 4.39 Å². The lowest BCUT2D eigenvalue weighted by Gasteiger charge is -2.22. The van der Waals surface area contributed by atoms with Crippen LogP contribution in [0.4, 0.5) is 4.39 Å². The number of hydrogen-bond donors (Lipinski definition) is 1. The van der Waals surface area contributed by atoms with Gasteiger partial charge in [-0.1, -0.05) is 12.1 Å². The number of halogens is 1. The molecule has 0 bridgehead atoms. The van der Waals surface area contributed by atoms with Crippen LogP contribution in [0.1, 0.15) is 26.3 Å². The standard InChI is InChI=1S/C14H22FNO2/c1-14(2,3)18-9-11(16)8-10-6-5-7-12(17-4)13(10)15/h5-7,11H,8-9,16H2,1-4H3. The summed E-state index contributed by atoms with van der Waals surface area (Å²) in [5, 5.41) is 0. The van der Waals surface area contributed by atoms with Crippen LogP contribution in [0.3, 0.4) is 0 Å². The molecule has 0 fully saturated rings. The van der Waals surface area contributed by atoms with E-state index in [-0.39, 0.29) is 23.2 Å². The van der Waals surface area contributed by atoms with Gasteiger partial charge in [-0.3, -0.25) is 0 Å². The number of rotatable bonds is 5. The molecule has 0 saturated heterocycles. The van der Waals surface area contributed by atoms with Crippen LogP contribution in [0.2, 0.25) is 0 Å². The molecule has 18 heavy (non-hydrogen) atoms. The fraction of sp³-hybridized carbons (Fsp3) is 0.571. The van der Waals surface area contributed by atoms with Crippen molar-refractivity contribution in [1.82, 2.24) is 0 Å². The van der Waals surface area contributed by atoms with Crippen molar-refractivity contribution in [1.29, 1.82) is 0 Å². The van der Waals surface area contributed by atoms with E-state index in [1.165, 1.54) is 7.11 Å². The minimum absolute atomic E-state index is 0.231. The molecule has 1 rings (SSSR count). The molecule has 3 nitrogen and oxygen atoms in total. The Balaban J connectivity index is 2.62. The van der Waals surface area contributed by atoms with Gasteiger partial charge in [-0.2, -0.15) is 0 Å². The van der Waals surface area contributed by atoms with E-state index in [1.54, 1.807) is 18.2 Å². The quantitative estimate of drug-likeness (QED) is 0.879. The van der Waals surface area contributed by atoms with Crippen LogP contribution in [-0.4, -0.2) is 25.4 Å². The van der Waals surface area contributed by atoms with Crippen molar-refractivity contribution < 1.29 is 13.9 Å². The zero-order valence-electron chi connectivity index (χ0n) is 11.5. The normalized spacial score (nSPS) is 13.4. The number of benzene rings is 1. The molecule has 102 valence electrons. The molecule has 1 atom stereocenters. The summed E-state index contributed by atoms with van der Waals surface area (Å²) < 4.78 is 24.4. The van der Waals surface area contributed by atoms with Crippen LogP contribution in [0.25, 0.3) is 0 Å². The molecule has 0 aliphatic carbocycles. The largest absolute Gasteiger partial charge is 0.494 e. The molecule has 0 spiro atoms. The first-order valence-corrected chi connectivity index (χ1v) is 6.04. The smallest absolute Gasteiger partial charge is 0.168 e. The topological polar surface area (TPSA) is 44.5 Å². The molecule has 0 heterocycles. The first-order chi connectivity index (χ1) is 8.33. The molecular formula is C14H22FNO2. The van der Waals surface area contributed by atoms with E-state index in [1.807, 2.05) is 20.8 Å². The number of hydrogen-bond acceptors (Lipinski definition) is 3. The van der Waals surface area contributed by atoms with Crippen molar-refractivity contribution in [3.8, 4) is 5.75 Å². The monoisotopic (exact) mass is 255 g/mol. The lowest BCUT2D eigenvalue weighted by atomic mass is 10.1. The Labute approximate surface area is 108 Å². The summed E-state index contributed by atoms with van der Waals surface area (Å²) in [6, 6.07) is 4.84. The Morgan fingerprint density at radius 1 is 1.33 bits per heavy atom. The van der Waals surface area contributed by atoms with Crippen molar-refractivity contribution in [2.45, 2.75) is 38.8 Å². The Morgan fingerprint density at radius 3 is 2.56 bits per heavy atom. The molecule has 0 aliphatic rings. The van der Waals surface area contributed by atoms with E-state index >= 15 is 0 Å². The Kier molecular flexibility index (Phi) is 5.11. The maximum Gasteiger partial charge on any atom is 0.168 e. The van der Waals surface area contributed by atoms with Crippen molar-refractivity contribution in [3.63, 3.8) is 0 Å². The second kappa shape index (κ2) is 6.16. The molecule has 4 heteroatoms. The van der Waals surface area contributed by atoms with Gasteiger partial charge in [0.15, 0.2) is 11.6 Å². The van der Waals surface area contributed by atoms with E-state index < -0.39 is 0 Å². The Bertz CT molecular complexity index is 388. The highest BCUT2D eigenvalue weighted by molar-refractivity contribution is 5.31. The van der Waals surface area contributed by atoms with Crippen LogP contribution in [0, 0.1) is 5.82 Å². The summed E-state index contributed by atoms with van der Waals surface area (Å²) in [6.45, 7) is 6.30. The lowest BCUT2D eigenvalue weighted by molar-refractivity contribution is -0.00990. The van der Waals surface area contributed by atoms with E-state index in [4.69, 9.17) is 15.2 Å².